The summed E-state index contributed by atoms with van der Waals surface area (Å²) >= 11 is 0. The van der Waals surface area contributed by atoms with E-state index in [0.717, 1.165) is 39.9 Å². The first kappa shape index (κ1) is 25.0. The average Bonchev–Trinajstić information content (AvgIpc) is 3.26. The van der Waals surface area contributed by atoms with Gasteiger partial charge in [-0.3, -0.25) is 4.79 Å². The van der Waals surface area contributed by atoms with E-state index in [1.165, 1.54) is 0 Å². The number of H-pyrrole nitrogens is 1. The maximum Gasteiger partial charge on any atom is 0.258 e. The van der Waals surface area contributed by atoms with Crippen LogP contribution in [-0.4, -0.2) is 47.8 Å². The van der Waals surface area contributed by atoms with Gasteiger partial charge in [0.25, 0.3) is 5.91 Å². The highest BCUT2D eigenvalue weighted by Crippen LogP contribution is 2.33. The highest BCUT2D eigenvalue weighted by molar-refractivity contribution is 6.22. The molecule has 1 aromatic heterocycles. The molecule has 4 aromatic carbocycles. The van der Waals surface area contributed by atoms with E-state index >= 15 is 0 Å². The molecular formula is C32H30N4O2. The summed E-state index contributed by atoms with van der Waals surface area (Å²) in [7, 11) is 5.82. The molecule has 0 radical (unpaired) electrons. The molecule has 0 aliphatic rings. The number of aromatic hydroxyl groups is 1. The minimum atomic E-state index is -0.140. The zero-order chi connectivity index (χ0) is 26.6. The second-order valence-electron chi connectivity index (χ2n) is 9.54. The number of benzene rings is 4. The van der Waals surface area contributed by atoms with Crippen LogP contribution in [0.2, 0.25) is 0 Å². The average molecular weight is 503 g/mol. The number of aromatic amines is 1. The minimum Gasteiger partial charge on any atom is -0.494 e. The first-order valence-electron chi connectivity index (χ1n) is 12.5. The van der Waals surface area contributed by atoms with Crippen molar-refractivity contribution in [3.63, 3.8) is 0 Å². The Morgan fingerprint density at radius 3 is 2.24 bits per heavy atom. The van der Waals surface area contributed by atoms with Crippen LogP contribution in [0.1, 0.15) is 27.0 Å². The molecule has 0 bridgehead atoms. The summed E-state index contributed by atoms with van der Waals surface area (Å²) in [5.41, 5.74) is 6.01. The highest BCUT2D eigenvalue weighted by Gasteiger charge is 2.21. The SMILES string of the molecule is CN(C)Cc1cccc(N=C(c2ccccc2)c2c(O)[nH]c3ccc(C(=O)N(C)c4ccccc4)cc23)c1. The molecule has 0 fully saturated rings. The number of aromatic nitrogens is 1. The summed E-state index contributed by atoms with van der Waals surface area (Å²) in [5.74, 6) is -0.132. The summed E-state index contributed by atoms with van der Waals surface area (Å²) in [6.45, 7) is 0.794. The van der Waals surface area contributed by atoms with Crippen LogP contribution in [-0.2, 0) is 6.54 Å². The lowest BCUT2D eigenvalue weighted by Crippen LogP contribution is -2.26. The van der Waals surface area contributed by atoms with Gasteiger partial charge in [0, 0.05) is 41.3 Å². The smallest absolute Gasteiger partial charge is 0.258 e. The number of nitrogens with one attached hydrogen (secondary N) is 1. The fourth-order valence-electron chi connectivity index (χ4n) is 4.59. The van der Waals surface area contributed by atoms with Gasteiger partial charge in [-0.15, -0.1) is 0 Å². The molecule has 1 amide bonds. The fourth-order valence-corrected chi connectivity index (χ4v) is 4.59. The summed E-state index contributed by atoms with van der Waals surface area (Å²) in [6.07, 6.45) is 0. The molecule has 6 nitrogen and oxygen atoms in total. The van der Waals surface area contributed by atoms with Crippen LogP contribution >= 0.6 is 0 Å². The molecule has 5 aromatic rings. The maximum absolute atomic E-state index is 13.4. The van der Waals surface area contributed by atoms with Crippen molar-refractivity contribution in [1.82, 2.24) is 9.88 Å². The van der Waals surface area contributed by atoms with Crippen LogP contribution in [0, 0.1) is 0 Å². The van der Waals surface area contributed by atoms with Crippen LogP contribution in [0.4, 0.5) is 11.4 Å². The molecule has 38 heavy (non-hydrogen) atoms. The van der Waals surface area contributed by atoms with E-state index in [-0.39, 0.29) is 11.8 Å². The predicted molar refractivity (Wildman–Crippen MR) is 155 cm³/mol. The lowest BCUT2D eigenvalue weighted by molar-refractivity contribution is 0.0993. The van der Waals surface area contributed by atoms with Crippen molar-refractivity contribution in [2.45, 2.75) is 6.54 Å². The second-order valence-corrected chi connectivity index (χ2v) is 9.54. The van der Waals surface area contributed by atoms with Gasteiger partial charge in [0.15, 0.2) is 5.88 Å². The second kappa shape index (κ2) is 10.7. The molecule has 0 saturated carbocycles. The van der Waals surface area contributed by atoms with Crippen molar-refractivity contribution < 1.29 is 9.90 Å². The van der Waals surface area contributed by atoms with E-state index in [4.69, 9.17) is 4.99 Å². The van der Waals surface area contributed by atoms with Crippen LogP contribution in [0.5, 0.6) is 5.88 Å². The number of amides is 1. The quantitative estimate of drug-likeness (QED) is 0.254. The number of nitrogens with zero attached hydrogens (tertiary/aromatic N) is 3. The number of carbonyl (C=O) groups excluding carboxylic acids is 1. The molecule has 6 heteroatoms. The Bertz CT molecular complexity index is 1610. The summed E-state index contributed by atoms with van der Waals surface area (Å²) in [6, 6.07) is 32.8. The zero-order valence-corrected chi connectivity index (χ0v) is 21.7. The molecule has 0 aliphatic heterocycles. The van der Waals surface area contributed by atoms with Gasteiger partial charge < -0.3 is 19.9 Å². The number of aliphatic imine (C=N–C) groups is 1. The monoisotopic (exact) mass is 502 g/mol. The van der Waals surface area contributed by atoms with Crippen molar-refractivity contribution in [3.8, 4) is 5.88 Å². The van der Waals surface area contributed by atoms with E-state index in [0.29, 0.717) is 16.8 Å². The van der Waals surface area contributed by atoms with Crippen LogP contribution in [0.25, 0.3) is 10.9 Å². The number of fused-ring (bicyclic) bond motifs is 1. The lowest BCUT2D eigenvalue weighted by Gasteiger charge is -2.17. The Hall–Kier alpha value is -4.68. The Morgan fingerprint density at radius 2 is 1.53 bits per heavy atom. The van der Waals surface area contributed by atoms with Gasteiger partial charge in [-0.25, -0.2) is 4.99 Å². The van der Waals surface area contributed by atoms with Crippen molar-refractivity contribution >= 4 is 33.9 Å². The Balaban J connectivity index is 1.64. The van der Waals surface area contributed by atoms with E-state index in [9.17, 15) is 9.90 Å². The summed E-state index contributed by atoms with van der Waals surface area (Å²) < 4.78 is 0. The van der Waals surface area contributed by atoms with Gasteiger partial charge in [0.1, 0.15) is 0 Å². The molecule has 0 unspecified atom stereocenters. The third-order valence-corrected chi connectivity index (χ3v) is 6.41. The molecule has 190 valence electrons. The van der Waals surface area contributed by atoms with E-state index in [1.54, 1.807) is 18.0 Å². The van der Waals surface area contributed by atoms with Crippen molar-refractivity contribution in [3.05, 3.63) is 125 Å². The molecule has 5 rings (SSSR count). The van der Waals surface area contributed by atoms with Crippen LogP contribution in [0.3, 0.4) is 0 Å². The number of rotatable bonds is 7. The Kier molecular flexibility index (Phi) is 7.07. The molecule has 1 heterocycles. The number of para-hydroxylation sites is 1. The van der Waals surface area contributed by atoms with Gasteiger partial charge in [0.05, 0.1) is 17.0 Å². The topological polar surface area (TPSA) is 71.9 Å². The van der Waals surface area contributed by atoms with Crippen LogP contribution in [0.15, 0.2) is 108 Å². The zero-order valence-electron chi connectivity index (χ0n) is 21.7. The highest BCUT2D eigenvalue weighted by atomic mass is 16.3. The predicted octanol–water partition coefficient (Wildman–Crippen LogP) is 6.38. The van der Waals surface area contributed by atoms with Crippen molar-refractivity contribution in [2.24, 2.45) is 4.99 Å². The largest absolute Gasteiger partial charge is 0.494 e. The number of hydrogen-bond acceptors (Lipinski definition) is 4. The standard InChI is InChI=1S/C32H30N4O2/c1-35(2)21-22-11-10-14-25(19-22)33-30(23-12-6-4-7-13-23)29-27-20-24(17-18-28(27)34-31(29)37)32(38)36(3)26-15-8-5-9-16-26/h4-20,34,37H,21H2,1-3H3. The van der Waals surface area contributed by atoms with Gasteiger partial charge in [0.2, 0.25) is 0 Å². The first-order chi connectivity index (χ1) is 18.4. The maximum atomic E-state index is 13.4. The van der Waals surface area contributed by atoms with Crippen LogP contribution < -0.4 is 4.90 Å². The van der Waals surface area contributed by atoms with Gasteiger partial charge >= 0.3 is 0 Å². The summed E-state index contributed by atoms with van der Waals surface area (Å²) in [5, 5.41) is 11.8. The normalized spacial score (nSPS) is 11.7. The van der Waals surface area contributed by atoms with Gasteiger partial charge in [-0.05, 0) is 62.1 Å². The molecule has 0 saturated heterocycles. The number of anilines is 1. The lowest BCUT2D eigenvalue weighted by atomic mass is 9.99. The van der Waals surface area contributed by atoms with Crippen molar-refractivity contribution in [1.29, 1.82) is 0 Å². The molecular weight excluding hydrogens is 472 g/mol. The Labute approximate surface area is 222 Å². The van der Waals surface area contributed by atoms with Crippen molar-refractivity contribution in [2.75, 3.05) is 26.0 Å². The minimum absolute atomic E-state index is 0.00746. The fraction of sp³-hybridized carbons (Fsp3) is 0.125. The van der Waals surface area contributed by atoms with Gasteiger partial charge in [-0.1, -0.05) is 60.7 Å². The molecule has 0 aliphatic carbocycles. The Morgan fingerprint density at radius 1 is 0.816 bits per heavy atom. The molecule has 0 atom stereocenters. The van der Waals surface area contributed by atoms with E-state index < -0.39 is 0 Å². The number of carbonyl (C=O) groups is 1. The third-order valence-electron chi connectivity index (χ3n) is 6.41. The molecule has 2 N–H and O–H groups in total. The first-order valence-corrected chi connectivity index (χ1v) is 12.5. The summed E-state index contributed by atoms with van der Waals surface area (Å²) in [4.78, 5) is 25.2. The van der Waals surface area contributed by atoms with E-state index in [1.807, 2.05) is 99.0 Å². The molecule has 0 spiro atoms. The van der Waals surface area contributed by atoms with E-state index in [2.05, 4.69) is 22.0 Å². The third kappa shape index (κ3) is 5.21. The number of hydrogen-bond donors (Lipinski definition) is 2. The van der Waals surface area contributed by atoms with Gasteiger partial charge in [-0.2, -0.15) is 0 Å².